The van der Waals surface area contributed by atoms with Crippen LogP contribution >= 0.6 is 0 Å². The minimum Gasteiger partial charge on any atom is -0.504 e. The van der Waals surface area contributed by atoms with Crippen molar-refractivity contribution in [2.24, 2.45) is 5.92 Å². The van der Waals surface area contributed by atoms with Gasteiger partial charge in [-0.05, 0) is 18.1 Å². The average molecular weight is 350 g/mol. The van der Waals surface area contributed by atoms with Gasteiger partial charge in [0.25, 0.3) is 0 Å². The normalized spacial score (nSPS) is 12.1. The topological polar surface area (TPSA) is 69.6 Å². The Labute approximate surface area is 152 Å². The molecule has 0 aliphatic rings. The van der Waals surface area contributed by atoms with Gasteiger partial charge in [-0.2, -0.15) is 0 Å². The largest absolute Gasteiger partial charge is 0.504 e. The Morgan fingerprint density at radius 3 is 2.16 bits per heavy atom. The first-order valence-electron chi connectivity index (χ1n) is 9.84. The number of anilines is 1. The lowest BCUT2D eigenvalue weighted by atomic mass is 9.98. The van der Waals surface area contributed by atoms with E-state index in [4.69, 9.17) is 0 Å². The van der Waals surface area contributed by atoms with Crippen molar-refractivity contribution in [3.05, 3.63) is 18.2 Å². The Balaban J connectivity index is 2.08. The van der Waals surface area contributed by atoms with Gasteiger partial charge in [0.05, 0.1) is 0 Å². The number of aromatic hydroxyl groups is 2. The summed E-state index contributed by atoms with van der Waals surface area (Å²) < 4.78 is 0. The number of benzene rings is 1. The molecular weight excluding hydrogens is 314 g/mol. The van der Waals surface area contributed by atoms with Gasteiger partial charge >= 0.3 is 0 Å². The molecule has 1 atom stereocenters. The first-order valence-corrected chi connectivity index (χ1v) is 9.84. The summed E-state index contributed by atoms with van der Waals surface area (Å²) >= 11 is 0. The molecule has 0 spiro atoms. The molecule has 1 aromatic carbocycles. The Morgan fingerprint density at radius 2 is 1.56 bits per heavy atom. The molecule has 1 unspecified atom stereocenters. The molecule has 0 aromatic heterocycles. The number of unbranched alkanes of at least 4 members (excludes halogenated alkanes) is 8. The van der Waals surface area contributed by atoms with Gasteiger partial charge in [-0.15, -0.1) is 0 Å². The number of hydrogen-bond donors (Lipinski definition) is 3. The second-order valence-electron chi connectivity index (χ2n) is 7.18. The number of carbonyl (C=O) groups is 1. The smallest absolute Gasteiger partial charge is 0.224 e. The number of nitrogens with one attached hydrogen (secondary N) is 1. The summed E-state index contributed by atoms with van der Waals surface area (Å²) in [5, 5.41) is 21.5. The van der Waals surface area contributed by atoms with Gasteiger partial charge in [0, 0.05) is 18.2 Å². The van der Waals surface area contributed by atoms with Crippen molar-refractivity contribution in [1.29, 1.82) is 0 Å². The van der Waals surface area contributed by atoms with E-state index in [2.05, 4.69) is 19.2 Å². The van der Waals surface area contributed by atoms with E-state index in [-0.39, 0.29) is 17.4 Å². The molecular formula is C21H35NO3. The molecule has 0 aliphatic carbocycles. The molecule has 1 rings (SSSR count). The number of phenols is 2. The summed E-state index contributed by atoms with van der Waals surface area (Å²) in [6.45, 7) is 4.36. The average Bonchev–Trinajstić information content (AvgIpc) is 2.56. The Hall–Kier alpha value is -1.71. The summed E-state index contributed by atoms with van der Waals surface area (Å²) in [6.07, 6.45) is 13.4. The van der Waals surface area contributed by atoms with Gasteiger partial charge in [-0.3, -0.25) is 4.79 Å². The van der Waals surface area contributed by atoms with Crippen LogP contribution in [0.5, 0.6) is 11.5 Å². The number of amides is 1. The number of carbonyl (C=O) groups excluding carboxylic acids is 1. The second kappa shape index (κ2) is 12.6. The van der Waals surface area contributed by atoms with E-state index in [1.165, 1.54) is 69.9 Å². The second-order valence-corrected chi connectivity index (χ2v) is 7.18. The molecule has 4 nitrogen and oxygen atoms in total. The molecule has 0 radical (unpaired) electrons. The van der Waals surface area contributed by atoms with E-state index in [0.29, 0.717) is 18.0 Å². The molecule has 142 valence electrons. The Morgan fingerprint density at radius 1 is 0.960 bits per heavy atom. The number of hydrogen-bond acceptors (Lipinski definition) is 3. The zero-order valence-corrected chi connectivity index (χ0v) is 15.9. The zero-order valence-electron chi connectivity index (χ0n) is 15.9. The fourth-order valence-corrected chi connectivity index (χ4v) is 3.04. The van der Waals surface area contributed by atoms with E-state index in [9.17, 15) is 15.0 Å². The zero-order chi connectivity index (χ0) is 18.5. The van der Waals surface area contributed by atoms with Gasteiger partial charge in [-0.1, -0.05) is 78.1 Å². The highest BCUT2D eigenvalue weighted by Gasteiger charge is 2.10. The maximum absolute atomic E-state index is 12.0. The SMILES string of the molecule is CCCCCCCCCCCC(C)CC(=O)Nc1ccc(O)c(O)c1. The minimum absolute atomic E-state index is 0.0477. The maximum Gasteiger partial charge on any atom is 0.224 e. The highest BCUT2D eigenvalue weighted by molar-refractivity contribution is 5.91. The molecule has 0 bridgehead atoms. The van der Waals surface area contributed by atoms with Crippen LogP contribution in [0, 0.1) is 5.92 Å². The maximum atomic E-state index is 12.0. The lowest BCUT2D eigenvalue weighted by molar-refractivity contribution is -0.117. The predicted molar refractivity (Wildman–Crippen MR) is 104 cm³/mol. The third kappa shape index (κ3) is 10.0. The molecule has 0 fully saturated rings. The fourth-order valence-electron chi connectivity index (χ4n) is 3.04. The lowest BCUT2D eigenvalue weighted by Crippen LogP contribution is -2.15. The van der Waals surface area contributed by atoms with Crippen LogP contribution in [0.3, 0.4) is 0 Å². The molecule has 1 amide bonds. The molecule has 0 heterocycles. The van der Waals surface area contributed by atoms with Crippen molar-refractivity contribution >= 4 is 11.6 Å². The summed E-state index contributed by atoms with van der Waals surface area (Å²) in [5.41, 5.74) is 0.510. The van der Waals surface area contributed by atoms with Crippen molar-refractivity contribution in [2.45, 2.75) is 84.5 Å². The molecule has 3 N–H and O–H groups in total. The molecule has 0 saturated carbocycles. The third-order valence-corrected chi connectivity index (χ3v) is 4.59. The molecule has 0 aliphatic heterocycles. The van der Waals surface area contributed by atoms with E-state index in [0.717, 1.165) is 6.42 Å². The predicted octanol–water partition coefficient (Wildman–Crippen LogP) is 5.98. The van der Waals surface area contributed by atoms with Crippen LogP contribution < -0.4 is 5.32 Å². The van der Waals surface area contributed by atoms with Crippen LogP contribution in [0.2, 0.25) is 0 Å². The number of rotatable bonds is 13. The van der Waals surface area contributed by atoms with Crippen molar-refractivity contribution in [3.63, 3.8) is 0 Å². The van der Waals surface area contributed by atoms with Crippen LogP contribution in [0.1, 0.15) is 84.5 Å². The van der Waals surface area contributed by atoms with Gasteiger partial charge in [0.1, 0.15) is 0 Å². The standard InChI is InChI=1S/C21H35NO3/c1-3-4-5-6-7-8-9-10-11-12-17(2)15-21(25)22-18-13-14-19(23)20(24)16-18/h13-14,16-17,23-24H,3-12,15H2,1-2H3,(H,22,25). The third-order valence-electron chi connectivity index (χ3n) is 4.59. The summed E-state index contributed by atoms with van der Waals surface area (Å²) in [6, 6.07) is 4.31. The van der Waals surface area contributed by atoms with E-state index in [1.54, 1.807) is 6.07 Å². The summed E-state index contributed by atoms with van der Waals surface area (Å²) in [7, 11) is 0. The van der Waals surface area contributed by atoms with E-state index < -0.39 is 0 Å². The monoisotopic (exact) mass is 349 g/mol. The Kier molecular flexibility index (Phi) is 10.8. The lowest BCUT2D eigenvalue weighted by Gasteiger charge is -2.12. The Bertz CT molecular complexity index is 502. The van der Waals surface area contributed by atoms with E-state index >= 15 is 0 Å². The molecule has 1 aromatic rings. The summed E-state index contributed by atoms with van der Waals surface area (Å²) in [5.74, 6) is -0.0962. The number of phenolic OH excluding ortho intramolecular Hbond substituents is 2. The fraction of sp³-hybridized carbons (Fsp3) is 0.667. The van der Waals surface area contributed by atoms with Gasteiger partial charge in [-0.25, -0.2) is 0 Å². The van der Waals surface area contributed by atoms with Crippen LogP contribution in [0.15, 0.2) is 18.2 Å². The minimum atomic E-state index is -0.222. The molecule has 0 saturated heterocycles. The van der Waals surface area contributed by atoms with Crippen LogP contribution in [0.25, 0.3) is 0 Å². The van der Waals surface area contributed by atoms with Crippen molar-refractivity contribution < 1.29 is 15.0 Å². The van der Waals surface area contributed by atoms with Crippen LogP contribution in [-0.4, -0.2) is 16.1 Å². The van der Waals surface area contributed by atoms with Gasteiger partial charge in [0.15, 0.2) is 11.5 Å². The van der Waals surface area contributed by atoms with Gasteiger partial charge in [0.2, 0.25) is 5.91 Å². The van der Waals surface area contributed by atoms with Crippen LogP contribution in [-0.2, 0) is 4.79 Å². The van der Waals surface area contributed by atoms with Crippen LogP contribution in [0.4, 0.5) is 5.69 Å². The first kappa shape index (κ1) is 21.3. The first-order chi connectivity index (χ1) is 12.0. The van der Waals surface area contributed by atoms with E-state index in [1.807, 2.05) is 0 Å². The highest BCUT2D eigenvalue weighted by Crippen LogP contribution is 2.27. The highest BCUT2D eigenvalue weighted by atomic mass is 16.3. The summed E-state index contributed by atoms with van der Waals surface area (Å²) in [4.78, 5) is 12.0. The molecule has 4 heteroatoms. The molecule has 25 heavy (non-hydrogen) atoms. The quantitative estimate of drug-likeness (QED) is 0.233. The van der Waals surface area contributed by atoms with Gasteiger partial charge < -0.3 is 15.5 Å². The van der Waals surface area contributed by atoms with Crippen molar-refractivity contribution in [1.82, 2.24) is 0 Å². The van der Waals surface area contributed by atoms with Crippen molar-refractivity contribution in [3.8, 4) is 11.5 Å². The van der Waals surface area contributed by atoms with Crippen molar-refractivity contribution in [2.75, 3.05) is 5.32 Å².